The van der Waals surface area contributed by atoms with E-state index in [1.807, 2.05) is 12.1 Å². The van der Waals surface area contributed by atoms with Crippen molar-refractivity contribution in [3.63, 3.8) is 0 Å². The van der Waals surface area contributed by atoms with Crippen LogP contribution in [0.4, 0.5) is 5.69 Å². The molecule has 0 aliphatic heterocycles. The summed E-state index contributed by atoms with van der Waals surface area (Å²) in [7, 11) is 0. The molecule has 110 valence electrons. The molecule has 2 rings (SSSR count). The van der Waals surface area contributed by atoms with Crippen LogP contribution in [0.15, 0.2) is 48.5 Å². The molecule has 0 saturated heterocycles. The minimum absolute atomic E-state index is 0.168. The monoisotopic (exact) mass is 303 g/mol. The number of ether oxygens (including phenoxy) is 1. The summed E-state index contributed by atoms with van der Waals surface area (Å²) in [5.74, 6) is 0.547. The van der Waals surface area contributed by atoms with Gasteiger partial charge in [0, 0.05) is 16.3 Å². The van der Waals surface area contributed by atoms with Gasteiger partial charge >= 0.3 is 0 Å². The Hall–Kier alpha value is -2.00. The van der Waals surface area contributed by atoms with Crippen LogP contribution in [0.25, 0.3) is 0 Å². The summed E-state index contributed by atoms with van der Waals surface area (Å²) >= 11 is 5.82. The first-order chi connectivity index (χ1) is 10.2. The zero-order valence-corrected chi connectivity index (χ0v) is 12.7. The zero-order valence-electron chi connectivity index (χ0n) is 11.9. The van der Waals surface area contributed by atoms with E-state index in [1.165, 1.54) is 0 Å². The van der Waals surface area contributed by atoms with Crippen molar-refractivity contribution in [3.05, 3.63) is 59.1 Å². The van der Waals surface area contributed by atoms with Crippen molar-refractivity contribution in [1.82, 2.24) is 0 Å². The lowest BCUT2D eigenvalue weighted by Crippen LogP contribution is -2.12. The average molecular weight is 304 g/mol. The van der Waals surface area contributed by atoms with Gasteiger partial charge in [0.05, 0.1) is 6.61 Å². The third-order valence-corrected chi connectivity index (χ3v) is 3.22. The molecule has 21 heavy (non-hydrogen) atoms. The van der Waals surface area contributed by atoms with Crippen LogP contribution < -0.4 is 10.1 Å². The van der Waals surface area contributed by atoms with Crippen molar-refractivity contribution in [1.29, 1.82) is 0 Å². The van der Waals surface area contributed by atoms with Crippen LogP contribution in [0.5, 0.6) is 5.75 Å². The molecule has 0 unspecified atom stereocenters. The molecular weight excluding hydrogens is 286 g/mol. The Labute approximate surface area is 129 Å². The van der Waals surface area contributed by atoms with E-state index < -0.39 is 0 Å². The number of amides is 1. The minimum atomic E-state index is -0.168. The van der Waals surface area contributed by atoms with E-state index in [9.17, 15) is 4.79 Å². The third-order valence-electron chi connectivity index (χ3n) is 2.96. The number of carbonyl (C=O) groups excluding carboxylic acids is 1. The van der Waals surface area contributed by atoms with Crippen molar-refractivity contribution in [2.45, 2.75) is 19.8 Å². The first-order valence-corrected chi connectivity index (χ1v) is 7.36. The van der Waals surface area contributed by atoms with E-state index in [0.29, 0.717) is 28.6 Å². The van der Waals surface area contributed by atoms with Crippen LogP contribution in [-0.4, -0.2) is 12.5 Å². The zero-order chi connectivity index (χ0) is 15.1. The highest BCUT2D eigenvalue weighted by molar-refractivity contribution is 6.30. The number of rotatable bonds is 6. The molecule has 1 amide bonds. The summed E-state index contributed by atoms with van der Waals surface area (Å²) in [5, 5.41) is 3.47. The van der Waals surface area contributed by atoms with Gasteiger partial charge in [-0.1, -0.05) is 31.0 Å². The van der Waals surface area contributed by atoms with Gasteiger partial charge < -0.3 is 10.1 Å². The molecule has 0 heterocycles. The maximum Gasteiger partial charge on any atom is 0.255 e. The average Bonchev–Trinajstić information content (AvgIpc) is 2.50. The smallest absolute Gasteiger partial charge is 0.255 e. The molecule has 2 aromatic carbocycles. The molecule has 0 saturated carbocycles. The van der Waals surface area contributed by atoms with Crippen LogP contribution in [0, 0.1) is 0 Å². The third kappa shape index (κ3) is 4.80. The van der Waals surface area contributed by atoms with Crippen LogP contribution >= 0.6 is 11.6 Å². The molecule has 0 atom stereocenters. The van der Waals surface area contributed by atoms with E-state index in [2.05, 4.69) is 12.2 Å². The first-order valence-electron chi connectivity index (χ1n) is 6.99. The summed E-state index contributed by atoms with van der Waals surface area (Å²) in [6.07, 6.45) is 2.08. The normalized spacial score (nSPS) is 10.2. The van der Waals surface area contributed by atoms with Gasteiger partial charge in [0.2, 0.25) is 0 Å². The Morgan fingerprint density at radius 3 is 2.67 bits per heavy atom. The molecular formula is C17H18ClNO2. The molecule has 1 N–H and O–H groups in total. The highest BCUT2D eigenvalue weighted by atomic mass is 35.5. The lowest BCUT2D eigenvalue weighted by Gasteiger charge is -2.08. The summed E-state index contributed by atoms with van der Waals surface area (Å²) in [6, 6.07) is 14.2. The number of unbranched alkanes of at least 4 members (excludes halogenated alkanes) is 1. The Bertz CT molecular complexity index is 596. The topological polar surface area (TPSA) is 38.3 Å². The molecule has 4 heteroatoms. The second-order valence-corrected chi connectivity index (χ2v) is 5.13. The molecule has 0 radical (unpaired) electrons. The van der Waals surface area contributed by atoms with Gasteiger partial charge in [-0.15, -0.1) is 0 Å². The fourth-order valence-electron chi connectivity index (χ4n) is 1.80. The van der Waals surface area contributed by atoms with Crippen LogP contribution in [0.2, 0.25) is 5.02 Å². The molecule has 0 spiro atoms. The highest BCUT2D eigenvalue weighted by Gasteiger charge is 2.07. The van der Waals surface area contributed by atoms with Gasteiger partial charge in [-0.25, -0.2) is 0 Å². The Morgan fingerprint density at radius 2 is 1.95 bits per heavy atom. The van der Waals surface area contributed by atoms with E-state index in [0.717, 1.165) is 12.8 Å². The van der Waals surface area contributed by atoms with Crippen LogP contribution in [-0.2, 0) is 0 Å². The number of benzene rings is 2. The second kappa shape index (κ2) is 7.70. The van der Waals surface area contributed by atoms with Crippen molar-refractivity contribution >= 4 is 23.2 Å². The molecule has 0 aliphatic carbocycles. The molecule has 0 aliphatic rings. The van der Waals surface area contributed by atoms with Crippen molar-refractivity contribution in [3.8, 4) is 5.75 Å². The molecule has 2 aromatic rings. The van der Waals surface area contributed by atoms with Gasteiger partial charge in [0.1, 0.15) is 5.75 Å². The standard InChI is InChI=1S/C17H18ClNO2/c1-2-3-11-21-16-6-4-5-13(12-16)17(20)19-15-9-7-14(18)8-10-15/h4-10,12H,2-3,11H2,1H3,(H,19,20). The fraction of sp³-hybridized carbons (Fsp3) is 0.235. The van der Waals surface area contributed by atoms with Crippen molar-refractivity contribution < 1.29 is 9.53 Å². The number of halogens is 1. The van der Waals surface area contributed by atoms with E-state index >= 15 is 0 Å². The first kappa shape index (κ1) is 15.4. The Kier molecular flexibility index (Phi) is 5.64. The van der Waals surface area contributed by atoms with Crippen LogP contribution in [0.1, 0.15) is 30.1 Å². The largest absolute Gasteiger partial charge is 0.494 e. The Balaban J connectivity index is 2.01. The highest BCUT2D eigenvalue weighted by Crippen LogP contribution is 2.17. The summed E-state index contributed by atoms with van der Waals surface area (Å²) in [5.41, 5.74) is 1.28. The van der Waals surface area contributed by atoms with E-state index in [1.54, 1.807) is 36.4 Å². The van der Waals surface area contributed by atoms with Gasteiger partial charge in [0.15, 0.2) is 0 Å². The molecule has 0 bridgehead atoms. The SMILES string of the molecule is CCCCOc1cccc(C(=O)Nc2ccc(Cl)cc2)c1. The quantitative estimate of drug-likeness (QED) is 0.781. The predicted octanol–water partition coefficient (Wildman–Crippen LogP) is 4.77. The number of hydrogen-bond acceptors (Lipinski definition) is 2. The Morgan fingerprint density at radius 1 is 1.19 bits per heavy atom. The molecule has 0 aromatic heterocycles. The van der Waals surface area contributed by atoms with Crippen LogP contribution in [0.3, 0.4) is 0 Å². The maximum absolute atomic E-state index is 12.2. The summed E-state index contributed by atoms with van der Waals surface area (Å²) in [4.78, 5) is 12.2. The van der Waals surface area contributed by atoms with Gasteiger partial charge in [-0.2, -0.15) is 0 Å². The van der Waals surface area contributed by atoms with E-state index in [4.69, 9.17) is 16.3 Å². The van der Waals surface area contributed by atoms with Crippen molar-refractivity contribution in [2.75, 3.05) is 11.9 Å². The van der Waals surface area contributed by atoms with Crippen molar-refractivity contribution in [2.24, 2.45) is 0 Å². The maximum atomic E-state index is 12.2. The lowest BCUT2D eigenvalue weighted by molar-refractivity contribution is 0.102. The number of anilines is 1. The predicted molar refractivity (Wildman–Crippen MR) is 86.3 cm³/mol. The van der Waals surface area contributed by atoms with Gasteiger partial charge in [0.25, 0.3) is 5.91 Å². The second-order valence-electron chi connectivity index (χ2n) is 4.69. The fourth-order valence-corrected chi connectivity index (χ4v) is 1.92. The summed E-state index contributed by atoms with van der Waals surface area (Å²) < 4.78 is 5.61. The number of hydrogen-bond donors (Lipinski definition) is 1. The molecule has 0 fully saturated rings. The summed E-state index contributed by atoms with van der Waals surface area (Å²) in [6.45, 7) is 2.78. The number of carbonyl (C=O) groups is 1. The lowest BCUT2D eigenvalue weighted by atomic mass is 10.2. The van der Waals surface area contributed by atoms with Gasteiger partial charge in [-0.05, 0) is 48.9 Å². The minimum Gasteiger partial charge on any atom is -0.494 e. The number of nitrogens with one attached hydrogen (secondary N) is 1. The van der Waals surface area contributed by atoms with E-state index in [-0.39, 0.29) is 5.91 Å². The van der Waals surface area contributed by atoms with Gasteiger partial charge in [-0.3, -0.25) is 4.79 Å². The molecule has 3 nitrogen and oxygen atoms in total.